The lowest BCUT2D eigenvalue weighted by Gasteiger charge is -2.27. The first-order chi connectivity index (χ1) is 9.83. The number of hydrogen-bond donors (Lipinski definition) is 0. The van der Waals surface area contributed by atoms with E-state index in [9.17, 15) is 0 Å². The van der Waals surface area contributed by atoms with Crippen LogP contribution in [0.15, 0.2) is 35.6 Å². The van der Waals surface area contributed by atoms with E-state index in [1.807, 2.05) is 36.7 Å². The highest BCUT2D eigenvalue weighted by Crippen LogP contribution is 2.41. The number of rotatable bonds is 4. The summed E-state index contributed by atoms with van der Waals surface area (Å²) < 4.78 is 11.7. The minimum Gasteiger partial charge on any atom is -0.460 e. The number of nitrogens with zero attached hydrogens (tertiary/aromatic N) is 2. The highest BCUT2D eigenvalue weighted by Gasteiger charge is 2.28. The molecule has 0 spiro atoms. The van der Waals surface area contributed by atoms with Crippen LogP contribution in [-0.4, -0.2) is 22.8 Å². The molecule has 5 heteroatoms. The number of fused-ring (bicyclic) bond motifs is 3. The van der Waals surface area contributed by atoms with E-state index < -0.39 is 6.29 Å². The van der Waals surface area contributed by atoms with Gasteiger partial charge in [-0.15, -0.1) is 0 Å². The fourth-order valence-electron chi connectivity index (χ4n) is 2.15. The number of hydrogen-bond acceptors (Lipinski definition) is 5. The zero-order valence-electron chi connectivity index (χ0n) is 11.5. The lowest BCUT2D eigenvalue weighted by Crippen LogP contribution is -2.19. The fourth-order valence-corrected chi connectivity index (χ4v) is 2.49. The smallest absolute Gasteiger partial charge is 0.230 e. The van der Waals surface area contributed by atoms with Gasteiger partial charge < -0.3 is 9.47 Å². The largest absolute Gasteiger partial charge is 0.460 e. The molecule has 1 aliphatic heterocycles. The van der Waals surface area contributed by atoms with Crippen LogP contribution < -0.4 is 4.74 Å². The maximum absolute atomic E-state index is 5.92. The molecule has 20 heavy (non-hydrogen) atoms. The summed E-state index contributed by atoms with van der Waals surface area (Å²) in [4.78, 5) is 8.96. The molecule has 1 aromatic carbocycles. The summed E-state index contributed by atoms with van der Waals surface area (Å²) >= 11 is 1.53. The van der Waals surface area contributed by atoms with E-state index in [0.29, 0.717) is 6.61 Å². The van der Waals surface area contributed by atoms with Crippen molar-refractivity contribution in [3.05, 3.63) is 36.0 Å². The van der Waals surface area contributed by atoms with Crippen molar-refractivity contribution in [3.63, 3.8) is 0 Å². The van der Waals surface area contributed by atoms with Gasteiger partial charge in [0.05, 0.1) is 17.9 Å². The van der Waals surface area contributed by atoms with Crippen LogP contribution in [0.5, 0.6) is 5.75 Å². The van der Waals surface area contributed by atoms with Crippen molar-refractivity contribution in [2.24, 2.45) is 0 Å². The standard InChI is InChI=1S/C15H16N2O2S/c1-3-8-18-14-11-9-16-15(20-2)17-13(11)10-6-4-5-7-12(10)19-14/h4-7,9,14H,3,8H2,1-2H3. The average molecular weight is 288 g/mol. The Labute approximate surface area is 122 Å². The predicted octanol–water partition coefficient (Wildman–Crippen LogP) is 3.68. The molecule has 0 saturated carbocycles. The monoisotopic (exact) mass is 288 g/mol. The first-order valence-electron chi connectivity index (χ1n) is 6.62. The molecule has 0 saturated heterocycles. The van der Waals surface area contributed by atoms with Crippen LogP contribution in [0.3, 0.4) is 0 Å². The van der Waals surface area contributed by atoms with Gasteiger partial charge in [-0.3, -0.25) is 0 Å². The average Bonchev–Trinajstić information content (AvgIpc) is 2.52. The lowest BCUT2D eigenvalue weighted by atomic mass is 10.0. The van der Waals surface area contributed by atoms with Gasteiger partial charge >= 0.3 is 0 Å². The molecular formula is C15H16N2O2S. The van der Waals surface area contributed by atoms with E-state index in [1.54, 1.807) is 0 Å². The Morgan fingerprint density at radius 2 is 2.20 bits per heavy atom. The van der Waals surface area contributed by atoms with E-state index >= 15 is 0 Å². The third kappa shape index (κ3) is 2.39. The van der Waals surface area contributed by atoms with Crippen molar-refractivity contribution in [2.75, 3.05) is 12.9 Å². The molecule has 2 heterocycles. The number of thioether (sulfide) groups is 1. The molecule has 0 amide bonds. The maximum atomic E-state index is 5.92. The van der Waals surface area contributed by atoms with Gasteiger partial charge in [-0.05, 0) is 24.8 Å². The summed E-state index contributed by atoms with van der Waals surface area (Å²) in [6, 6.07) is 7.90. The maximum Gasteiger partial charge on any atom is 0.230 e. The summed E-state index contributed by atoms with van der Waals surface area (Å²) in [6.07, 6.45) is 4.30. The van der Waals surface area contributed by atoms with Gasteiger partial charge in [0.15, 0.2) is 5.16 Å². The van der Waals surface area contributed by atoms with E-state index in [2.05, 4.69) is 16.9 Å². The lowest BCUT2D eigenvalue weighted by molar-refractivity contribution is -0.0852. The summed E-state index contributed by atoms with van der Waals surface area (Å²) in [5, 5.41) is 0.759. The SMILES string of the molecule is CCCOC1Oc2ccccc2-c2nc(SC)ncc21. The molecule has 1 aliphatic rings. The minimum atomic E-state index is -0.421. The van der Waals surface area contributed by atoms with E-state index in [1.165, 1.54) is 11.8 Å². The first-order valence-corrected chi connectivity index (χ1v) is 7.84. The minimum absolute atomic E-state index is 0.421. The fraction of sp³-hybridized carbons (Fsp3) is 0.333. The molecule has 4 nitrogen and oxygen atoms in total. The molecule has 0 aliphatic carbocycles. The normalized spacial score (nSPS) is 16.2. The molecule has 2 aromatic rings. The van der Waals surface area contributed by atoms with Crippen LogP contribution in [0.2, 0.25) is 0 Å². The van der Waals surface area contributed by atoms with Crippen molar-refractivity contribution in [3.8, 4) is 17.0 Å². The van der Waals surface area contributed by atoms with E-state index in [0.717, 1.165) is 34.1 Å². The molecule has 1 unspecified atom stereocenters. The molecule has 0 fully saturated rings. The zero-order valence-corrected chi connectivity index (χ0v) is 12.3. The van der Waals surface area contributed by atoms with Crippen LogP contribution in [0.4, 0.5) is 0 Å². The van der Waals surface area contributed by atoms with Gasteiger partial charge in [-0.2, -0.15) is 0 Å². The van der Waals surface area contributed by atoms with Gasteiger partial charge in [-0.25, -0.2) is 9.97 Å². The Morgan fingerprint density at radius 3 is 3.00 bits per heavy atom. The third-order valence-electron chi connectivity index (χ3n) is 3.08. The summed E-state index contributed by atoms with van der Waals surface area (Å²) in [6.45, 7) is 2.72. The van der Waals surface area contributed by atoms with Crippen LogP contribution in [-0.2, 0) is 4.74 Å². The summed E-state index contributed by atoms with van der Waals surface area (Å²) in [7, 11) is 0. The summed E-state index contributed by atoms with van der Waals surface area (Å²) in [5.74, 6) is 0.812. The molecule has 1 aromatic heterocycles. The van der Waals surface area contributed by atoms with Crippen LogP contribution in [0.25, 0.3) is 11.3 Å². The molecule has 0 N–H and O–H groups in total. The first kappa shape index (κ1) is 13.4. The van der Waals surface area contributed by atoms with Gasteiger partial charge in [0.1, 0.15) is 5.75 Å². The van der Waals surface area contributed by atoms with Crippen LogP contribution >= 0.6 is 11.8 Å². The van der Waals surface area contributed by atoms with Crippen molar-refractivity contribution >= 4 is 11.8 Å². The molecule has 3 rings (SSSR count). The highest BCUT2D eigenvalue weighted by molar-refractivity contribution is 7.98. The molecule has 0 radical (unpaired) electrons. The van der Waals surface area contributed by atoms with Gasteiger partial charge in [0, 0.05) is 11.8 Å². The second-order valence-electron chi connectivity index (χ2n) is 4.48. The second-order valence-corrected chi connectivity index (χ2v) is 5.25. The van der Waals surface area contributed by atoms with E-state index in [4.69, 9.17) is 9.47 Å². The highest BCUT2D eigenvalue weighted by atomic mass is 32.2. The molecule has 104 valence electrons. The Kier molecular flexibility index (Phi) is 3.89. The Bertz CT molecular complexity index is 619. The van der Waals surface area contributed by atoms with E-state index in [-0.39, 0.29) is 0 Å². The second kappa shape index (κ2) is 5.81. The number of benzene rings is 1. The van der Waals surface area contributed by atoms with Crippen molar-refractivity contribution in [1.82, 2.24) is 9.97 Å². The van der Waals surface area contributed by atoms with Gasteiger partial charge in [0.2, 0.25) is 6.29 Å². The zero-order chi connectivity index (χ0) is 13.9. The van der Waals surface area contributed by atoms with Gasteiger partial charge in [0.25, 0.3) is 0 Å². The van der Waals surface area contributed by atoms with Crippen molar-refractivity contribution in [2.45, 2.75) is 24.8 Å². The number of para-hydroxylation sites is 1. The quantitative estimate of drug-likeness (QED) is 0.634. The van der Waals surface area contributed by atoms with Crippen LogP contribution in [0.1, 0.15) is 25.2 Å². The van der Waals surface area contributed by atoms with Crippen molar-refractivity contribution < 1.29 is 9.47 Å². The summed E-state index contributed by atoms with van der Waals surface area (Å²) in [5.41, 5.74) is 2.80. The van der Waals surface area contributed by atoms with Gasteiger partial charge in [-0.1, -0.05) is 30.8 Å². The molecule has 1 atom stereocenters. The topological polar surface area (TPSA) is 44.2 Å². The number of ether oxygens (including phenoxy) is 2. The predicted molar refractivity (Wildman–Crippen MR) is 78.9 cm³/mol. The molecule has 0 bridgehead atoms. The van der Waals surface area contributed by atoms with Crippen LogP contribution in [0, 0.1) is 0 Å². The Morgan fingerprint density at radius 1 is 1.35 bits per heavy atom. The van der Waals surface area contributed by atoms with Crippen molar-refractivity contribution in [1.29, 1.82) is 0 Å². The molecular weight excluding hydrogens is 272 g/mol. The number of aromatic nitrogens is 2. The third-order valence-corrected chi connectivity index (χ3v) is 3.64. The Hall–Kier alpha value is -1.59. The Balaban J connectivity index is 2.08.